The van der Waals surface area contributed by atoms with E-state index in [-0.39, 0.29) is 0 Å². The third-order valence-corrected chi connectivity index (χ3v) is 11.0. The van der Waals surface area contributed by atoms with Crippen molar-refractivity contribution in [2.24, 2.45) is 5.92 Å². The summed E-state index contributed by atoms with van der Waals surface area (Å²) < 4.78 is 38.8. The number of phenols is 11. The average molecular weight is 953 g/mol. The number of fused-ring (bicyclic) bond motifs is 3. The van der Waals surface area contributed by atoms with Gasteiger partial charge in [0.05, 0.1) is 28.2 Å². The van der Waals surface area contributed by atoms with E-state index >= 15 is 0 Å². The third-order valence-electron chi connectivity index (χ3n) is 11.0. The second-order valence-corrected chi connectivity index (χ2v) is 15.1. The summed E-state index contributed by atoms with van der Waals surface area (Å²) in [6.45, 7) is -1.32. The normalized spacial score (nSPS) is 22.9. The van der Waals surface area contributed by atoms with Crippen LogP contribution < -0.4 is 4.74 Å². The lowest BCUT2D eigenvalue weighted by atomic mass is 9.81. The van der Waals surface area contributed by atoms with Gasteiger partial charge in [-0.3, -0.25) is 14.4 Å². The number of hydrogen-bond acceptors (Lipinski definition) is 26. The number of ketones is 1. The molecular formula is C41H28O27. The molecular weight excluding hydrogens is 924 g/mol. The van der Waals surface area contributed by atoms with Crippen molar-refractivity contribution < 1.29 is 133 Å². The molecule has 27 heteroatoms. The molecule has 0 spiro atoms. The number of hydrogen-bond donors (Lipinski definition) is 12. The molecule has 2 unspecified atom stereocenters. The molecule has 7 atom stereocenters. The molecule has 0 amide bonds. The predicted octanol–water partition coefficient (Wildman–Crippen LogP) is 0.206. The minimum Gasteiger partial charge on any atom is -0.504 e. The first kappa shape index (κ1) is 45.2. The molecule has 4 aromatic carbocycles. The Kier molecular flexibility index (Phi) is 10.8. The maximum atomic E-state index is 14.6. The topological polar surface area (TPSA) is 444 Å². The lowest BCUT2D eigenvalue weighted by Crippen LogP contribution is -2.63. The summed E-state index contributed by atoms with van der Waals surface area (Å²) in [5.74, 6) is -34.0. The van der Waals surface area contributed by atoms with Crippen LogP contribution in [0, 0.1) is 5.92 Å². The second-order valence-electron chi connectivity index (χ2n) is 15.1. The molecule has 12 N–H and O–H groups in total. The zero-order chi connectivity index (χ0) is 49.5. The summed E-state index contributed by atoms with van der Waals surface area (Å²) in [5, 5.41) is 125. The van der Waals surface area contributed by atoms with Crippen molar-refractivity contribution in [3.63, 3.8) is 0 Å². The number of benzene rings is 4. The Labute approximate surface area is 373 Å². The minimum absolute atomic E-state index is 0.355. The zero-order valence-electron chi connectivity index (χ0n) is 33.3. The fraction of sp³-hybridized carbons (Fsp3) is 0.220. The van der Waals surface area contributed by atoms with Gasteiger partial charge in [-0.2, -0.15) is 0 Å². The number of carbonyl (C=O) groups is 8. The summed E-state index contributed by atoms with van der Waals surface area (Å²) in [7, 11) is 0. The van der Waals surface area contributed by atoms with E-state index in [2.05, 4.69) is 0 Å². The molecule has 0 aliphatic carbocycles. The molecule has 0 radical (unpaired) electrons. The first-order valence-corrected chi connectivity index (χ1v) is 19.0. The number of Topliss-reactive ketones (excluding diaryl/α,β-unsaturated/α-hetero) is 1. The van der Waals surface area contributed by atoms with E-state index in [1.54, 1.807) is 0 Å². The summed E-state index contributed by atoms with van der Waals surface area (Å²) >= 11 is 0. The monoisotopic (exact) mass is 952 g/mol. The fourth-order valence-corrected chi connectivity index (χ4v) is 7.85. The maximum Gasteiger partial charge on any atom is 0.372 e. The Bertz CT molecular complexity index is 2950. The molecule has 0 aromatic heterocycles. The van der Waals surface area contributed by atoms with Crippen molar-refractivity contribution in [1.82, 2.24) is 0 Å². The number of ether oxygens (including phenoxy) is 7. The van der Waals surface area contributed by atoms with Crippen molar-refractivity contribution >= 4 is 47.6 Å². The Morgan fingerprint density at radius 1 is 0.574 bits per heavy atom. The smallest absolute Gasteiger partial charge is 0.372 e. The number of rotatable bonds is 5. The predicted molar refractivity (Wildman–Crippen MR) is 205 cm³/mol. The van der Waals surface area contributed by atoms with E-state index < -0.39 is 211 Å². The van der Waals surface area contributed by atoms with Crippen molar-refractivity contribution in [1.29, 1.82) is 0 Å². The van der Waals surface area contributed by atoms with Crippen molar-refractivity contribution in [3.05, 3.63) is 58.1 Å². The van der Waals surface area contributed by atoms with E-state index in [0.29, 0.717) is 30.3 Å². The SMILES string of the molecule is O=C(O)C(=O)CC1C(=O)O[C@H]2[C@@H]3OC(=O)c4cc(O)c(O)c(O)c4-c4c(cc(O)c(O)c4O)C(=O)OC[C@H]2O[C@@H](OC(=O)c2cc(O)c(O)c(O)c2)[C@@H]3OC(=O)c2cc(O)c(O)c3c2C1C(=O)O3. The highest BCUT2D eigenvalue weighted by Crippen LogP contribution is 2.54. The number of aromatic hydroxyl groups is 11. The molecule has 8 rings (SSSR count). The van der Waals surface area contributed by atoms with Gasteiger partial charge in [0.15, 0.2) is 64.0 Å². The first-order valence-electron chi connectivity index (χ1n) is 19.0. The van der Waals surface area contributed by atoms with E-state index in [0.717, 1.165) is 0 Å². The van der Waals surface area contributed by atoms with Gasteiger partial charge in [-0.15, -0.1) is 0 Å². The molecule has 4 bridgehead atoms. The number of carboxylic acid groups (broad SMARTS) is 1. The van der Waals surface area contributed by atoms with Gasteiger partial charge in [-0.1, -0.05) is 0 Å². The summed E-state index contributed by atoms with van der Waals surface area (Å²) in [6, 6.07) is 2.36. The van der Waals surface area contributed by atoms with Crippen LogP contribution in [-0.4, -0.2) is 146 Å². The molecule has 27 nitrogen and oxygen atoms in total. The molecule has 4 aromatic rings. The average Bonchev–Trinajstić information content (AvgIpc) is 3.62. The van der Waals surface area contributed by atoms with Gasteiger partial charge >= 0.3 is 41.8 Å². The van der Waals surface area contributed by atoms with Gasteiger partial charge in [0.1, 0.15) is 18.6 Å². The summed E-state index contributed by atoms with van der Waals surface area (Å²) in [6.07, 6.45) is -13.8. The van der Waals surface area contributed by atoms with E-state index in [4.69, 9.17) is 33.2 Å². The van der Waals surface area contributed by atoms with Crippen LogP contribution in [0.1, 0.15) is 59.3 Å². The van der Waals surface area contributed by atoms with Crippen molar-refractivity contribution in [2.45, 2.75) is 43.0 Å². The summed E-state index contributed by atoms with van der Waals surface area (Å²) in [4.78, 5) is 109. The van der Waals surface area contributed by atoms with Crippen LogP contribution in [0.2, 0.25) is 0 Å². The molecule has 4 aliphatic rings. The number of aliphatic carboxylic acids is 1. The number of cyclic esters (lactones) is 1. The van der Waals surface area contributed by atoms with Crippen LogP contribution in [0.25, 0.3) is 11.1 Å². The molecule has 1 fully saturated rings. The number of carboxylic acids is 1. The third kappa shape index (κ3) is 7.23. The number of phenolic OH excluding ortho intramolecular Hbond substituents is 11. The van der Waals surface area contributed by atoms with Gasteiger partial charge in [-0.25, -0.2) is 24.0 Å². The van der Waals surface area contributed by atoms with Crippen LogP contribution in [-0.2, 0) is 47.6 Å². The Balaban J connectivity index is 1.38. The lowest BCUT2D eigenvalue weighted by Gasteiger charge is -2.44. The largest absolute Gasteiger partial charge is 0.504 e. The van der Waals surface area contributed by atoms with Crippen molar-refractivity contribution in [2.75, 3.05) is 6.61 Å². The fourth-order valence-electron chi connectivity index (χ4n) is 7.85. The van der Waals surface area contributed by atoms with Gasteiger partial charge in [-0.05, 0) is 30.3 Å². The van der Waals surface area contributed by atoms with Gasteiger partial charge in [0.25, 0.3) is 0 Å². The number of esters is 6. The van der Waals surface area contributed by atoms with E-state index in [1.165, 1.54) is 0 Å². The first-order chi connectivity index (χ1) is 32.0. The van der Waals surface area contributed by atoms with Crippen molar-refractivity contribution in [3.8, 4) is 80.1 Å². The minimum atomic E-state index is -2.58. The molecule has 354 valence electrons. The summed E-state index contributed by atoms with van der Waals surface area (Å²) in [5.41, 5.74) is -7.04. The molecule has 68 heavy (non-hydrogen) atoms. The van der Waals surface area contributed by atoms with Crippen LogP contribution in [0.4, 0.5) is 0 Å². The molecule has 1 saturated heterocycles. The van der Waals surface area contributed by atoms with E-state index in [1.807, 2.05) is 0 Å². The van der Waals surface area contributed by atoms with Gasteiger partial charge < -0.3 is 94.4 Å². The van der Waals surface area contributed by atoms with Gasteiger partial charge in [0, 0.05) is 23.1 Å². The Morgan fingerprint density at radius 2 is 1.09 bits per heavy atom. The molecule has 4 aliphatic heterocycles. The highest BCUT2D eigenvalue weighted by molar-refractivity contribution is 6.33. The van der Waals surface area contributed by atoms with Crippen LogP contribution in [0.3, 0.4) is 0 Å². The maximum absolute atomic E-state index is 14.6. The molecule has 4 heterocycles. The number of carbonyl (C=O) groups excluding carboxylic acids is 7. The Hall–Kier alpha value is -9.40. The van der Waals surface area contributed by atoms with E-state index in [9.17, 15) is 99.6 Å². The highest BCUT2D eigenvalue weighted by Gasteiger charge is 2.58. The van der Waals surface area contributed by atoms with Crippen LogP contribution in [0.5, 0.6) is 69.0 Å². The van der Waals surface area contributed by atoms with Crippen LogP contribution >= 0.6 is 0 Å². The van der Waals surface area contributed by atoms with Gasteiger partial charge in [0.2, 0.25) is 35.4 Å². The second kappa shape index (κ2) is 16.2. The molecule has 0 saturated carbocycles. The quantitative estimate of drug-likeness (QED) is 0.0418. The zero-order valence-corrected chi connectivity index (χ0v) is 33.3. The highest BCUT2D eigenvalue weighted by atomic mass is 16.7. The standard InChI is InChI=1S/C41H28O27/c42-13-1-8(2-14(43)24(13)48)35(56)68-41-33-32-30(64-39(60)12(6-18(47)34(54)55)23-22-11(38(59)67-33)5-17(46)27(51)31(22)65-40(23)61)19(63-41)7-62-36(57)9-3-15(44)25(49)28(52)20(9)21-10(37(58)66-32)4-16(45)26(50)29(21)53/h1-5,12,19,23,30,32-33,41-46,48-53H,6-7H2,(H,54,55)/t12?,19-,23?,30-,32+,33-,41+/m1/s1. The van der Waals surface area contributed by atoms with Crippen LogP contribution in [0.15, 0.2) is 30.3 Å². The lowest BCUT2D eigenvalue weighted by molar-refractivity contribution is -0.287. The Morgan fingerprint density at radius 3 is 1.68 bits per heavy atom.